The fourth-order valence-electron chi connectivity index (χ4n) is 0.772. The van der Waals surface area contributed by atoms with Gasteiger partial charge >= 0.3 is 0 Å². The summed E-state index contributed by atoms with van der Waals surface area (Å²) in [6, 6.07) is 0.195. The summed E-state index contributed by atoms with van der Waals surface area (Å²) >= 11 is 0. The number of hydrogen-bond acceptors (Lipinski definition) is 4. The minimum absolute atomic E-state index is 0.195. The maximum atomic E-state index is 8.28. The molecule has 0 spiro atoms. The van der Waals surface area contributed by atoms with E-state index in [4.69, 9.17) is 10.5 Å². The van der Waals surface area contributed by atoms with Crippen LogP contribution in [0.2, 0.25) is 0 Å². The van der Waals surface area contributed by atoms with Gasteiger partial charge in [-0.1, -0.05) is 6.92 Å². The molecule has 0 aliphatic carbocycles. The largest absolute Gasteiger partial charge is 0.324 e. The van der Waals surface area contributed by atoms with Crippen LogP contribution in [-0.2, 0) is 0 Å². The Morgan fingerprint density at radius 1 is 1.36 bits per heavy atom. The summed E-state index contributed by atoms with van der Waals surface area (Å²) in [7, 11) is 0. The predicted octanol–water partition coefficient (Wildman–Crippen LogP) is 0.296. The molecule has 0 aliphatic rings. The van der Waals surface area contributed by atoms with Crippen LogP contribution in [0.3, 0.4) is 0 Å². The van der Waals surface area contributed by atoms with Gasteiger partial charge in [-0.2, -0.15) is 10.5 Å². The van der Waals surface area contributed by atoms with E-state index in [0.717, 1.165) is 12.8 Å². The van der Waals surface area contributed by atoms with Crippen LogP contribution < -0.4 is 10.6 Å². The highest BCUT2D eigenvalue weighted by Crippen LogP contribution is 1.94. The van der Waals surface area contributed by atoms with Crippen LogP contribution in [0.25, 0.3) is 0 Å². The average molecular weight is 152 g/mol. The smallest absolute Gasteiger partial charge is 0.176 e. The Hall–Kier alpha value is -1.42. The van der Waals surface area contributed by atoms with Crippen molar-refractivity contribution in [1.82, 2.24) is 10.6 Å². The Kier molecular flexibility index (Phi) is 5.83. The molecule has 0 saturated heterocycles. The first-order valence-electron chi connectivity index (χ1n) is 3.61. The lowest BCUT2D eigenvalue weighted by atomic mass is 10.1. The zero-order chi connectivity index (χ0) is 8.53. The highest BCUT2D eigenvalue weighted by atomic mass is 14.9. The SMILES string of the molecule is CCC(CCNC#N)NC#N. The van der Waals surface area contributed by atoms with Gasteiger partial charge in [-0.3, -0.25) is 0 Å². The van der Waals surface area contributed by atoms with Crippen molar-refractivity contribution in [3.8, 4) is 12.4 Å². The molecule has 0 heterocycles. The summed E-state index contributed by atoms with van der Waals surface area (Å²) in [6.07, 6.45) is 5.42. The summed E-state index contributed by atoms with van der Waals surface area (Å²) in [5.74, 6) is 0. The van der Waals surface area contributed by atoms with Crippen molar-refractivity contribution in [2.45, 2.75) is 25.8 Å². The third-order valence-electron chi connectivity index (χ3n) is 1.46. The molecule has 0 bridgehead atoms. The highest BCUT2D eigenvalue weighted by Gasteiger charge is 2.02. The minimum atomic E-state index is 0.195. The number of nitrogens with zero attached hydrogens (tertiary/aromatic N) is 2. The average Bonchev–Trinajstić information content (AvgIpc) is 2.03. The molecule has 1 atom stereocenters. The highest BCUT2D eigenvalue weighted by molar-refractivity contribution is 4.77. The van der Waals surface area contributed by atoms with Crippen LogP contribution in [0.15, 0.2) is 0 Å². The summed E-state index contributed by atoms with van der Waals surface area (Å²) in [6.45, 7) is 2.63. The third-order valence-corrected chi connectivity index (χ3v) is 1.46. The van der Waals surface area contributed by atoms with Crippen molar-refractivity contribution >= 4 is 0 Å². The van der Waals surface area contributed by atoms with Crippen LogP contribution in [0.5, 0.6) is 0 Å². The van der Waals surface area contributed by atoms with Crippen molar-refractivity contribution in [3.63, 3.8) is 0 Å². The van der Waals surface area contributed by atoms with Gasteiger partial charge in [-0.05, 0) is 12.8 Å². The van der Waals surface area contributed by atoms with Crippen LogP contribution in [0.1, 0.15) is 19.8 Å². The van der Waals surface area contributed by atoms with Gasteiger partial charge in [0.1, 0.15) is 0 Å². The van der Waals surface area contributed by atoms with Crippen molar-refractivity contribution in [2.75, 3.05) is 6.54 Å². The van der Waals surface area contributed by atoms with E-state index >= 15 is 0 Å². The zero-order valence-electron chi connectivity index (χ0n) is 6.59. The molecule has 1 unspecified atom stereocenters. The van der Waals surface area contributed by atoms with Crippen molar-refractivity contribution in [1.29, 1.82) is 10.5 Å². The first-order valence-corrected chi connectivity index (χ1v) is 3.61. The monoisotopic (exact) mass is 152 g/mol. The molecule has 0 fully saturated rings. The van der Waals surface area contributed by atoms with E-state index in [1.165, 1.54) is 0 Å². The lowest BCUT2D eigenvalue weighted by Gasteiger charge is -2.10. The van der Waals surface area contributed by atoms with Crippen molar-refractivity contribution < 1.29 is 0 Å². The molecule has 0 aliphatic heterocycles. The van der Waals surface area contributed by atoms with Crippen LogP contribution >= 0.6 is 0 Å². The number of rotatable bonds is 5. The maximum absolute atomic E-state index is 8.28. The van der Waals surface area contributed by atoms with Crippen molar-refractivity contribution in [3.05, 3.63) is 0 Å². The molecule has 0 aromatic heterocycles. The minimum Gasteiger partial charge on any atom is -0.324 e. The Labute approximate surface area is 66.8 Å². The van der Waals surface area contributed by atoms with Crippen LogP contribution in [-0.4, -0.2) is 12.6 Å². The van der Waals surface area contributed by atoms with Crippen LogP contribution in [0, 0.1) is 22.9 Å². The summed E-state index contributed by atoms with van der Waals surface area (Å²) < 4.78 is 0. The Bertz CT molecular complexity index is 164. The van der Waals surface area contributed by atoms with Gasteiger partial charge in [0.05, 0.1) is 0 Å². The van der Waals surface area contributed by atoms with Gasteiger partial charge in [0.15, 0.2) is 12.4 Å². The summed E-state index contributed by atoms with van der Waals surface area (Å²) in [5.41, 5.74) is 0. The molecular formula is C7H12N4. The Balaban J connectivity index is 3.39. The molecule has 2 N–H and O–H groups in total. The van der Waals surface area contributed by atoms with E-state index in [2.05, 4.69) is 10.6 Å². The lowest BCUT2D eigenvalue weighted by molar-refractivity contribution is 0.527. The molecule has 11 heavy (non-hydrogen) atoms. The summed E-state index contributed by atoms with van der Waals surface area (Å²) in [4.78, 5) is 0. The topological polar surface area (TPSA) is 71.6 Å². The van der Waals surface area contributed by atoms with E-state index in [-0.39, 0.29) is 6.04 Å². The predicted molar refractivity (Wildman–Crippen MR) is 41.1 cm³/mol. The normalized spacial score (nSPS) is 10.8. The quantitative estimate of drug-likeness (QED) is 0.337. The van der Waals surface area contributed by atoms with Crippen LogP contribution in [0.4, 0.5) is 0 Å². The second-order valence-electron chi connectivity index (χ2n) is 2.19. The fraction of sp³-hybridized carbons (Fsp3) is 0.714. The lowest BCUT2D eigenvalue weighted by Crippen LogP contribution is -2.27. The van der Waals surface area contributed by atoms with Gasteiger partial charge in [-0.25, -0.2) is 0 Å². The molecule has 4 nitrogen and oxygen atoms in total. The molecule has 0 saturated carbocycles. The zero-order valence-corrected chi connectivity index (χ0v) is 6.59. The first kappa shape index (κ1) is 9.58. The molecular weight excluding hydrogens is 140 g/mol. The third kappa shape index (κ3) is 5.05. The number of nitrogens with one attached hydrogen (secondary N) is 2. The van der Waals surface area contributed by atoms with Gasteiger partial charge in [0.25, 0.3) is 0 Å². The molecule has 0 aromatic rings. The van der Waals surface area contributed by atoms with E-state index in [9.17, 15) is 0 Å². The van der Waals surface area contributed by atoms with E-state index in [1.54, 1.807) is 0 Å². The van der Waals surface area contributed by atoms with Gasteiger partial charge < -0.3 is 10.6 Å². The van der Waals surface area contributed by atoms with Gasteiger partial charge in [0, 0.05) is 12.6 Å². The molecule has 60 valence electrons. The number of hydrogen-bond donors (Lipinski definition) is 2. The number of nitriles is 2. The standard InChI is InChI=1S/C7H12N4/c1-2-7(11-6-9)3-4-10-5-8/h7,10-11H,2-4H2,1H3. The van der Waals surface area contributed by atoms with E-state index in [1.807, 2.05) is 19.3 Å². The van der Waals surface area contributed by atoms with E-state index in [0.29, 0.717) is 6.54 Å². The van der Waals surface area contributed by atoms with Crippen molar-refractivity contribution in [2.24, 2.45) is 0 Å². The molecule has 0 aromatic carbocycles. The molecule has 4 heteroatoms. The maximum Gasteiger partial charge on any atom is 0.176 e. The molecule has 0 amide bonds. The molecule has 0 radical (unpaired) electrons. The second kappa shape index (κ2) is 6.70. The Morgan fingerprint density at radius 3 is 2.55 bits per heavy atom. The molecule has 0 rings (SSSR count). The van der Waals surface area contributed by atoms with E-state index < -0.39 is 0 Å². The second-order valence-corrected chi connectivity index (χ2v) is 2.19. The van der Waals surface area contributed by atoms with Gasteiger partial charge in [-0.15, -0.1) is 0 Å². The summed E-state index contributed by atoms with van der Waals surface area (Å²) in [5, 5.41) is 21.6. The van der Waals surface area contributed by atoms with Gasteiger partial charge in [0.2, 0.25) is 0 Å². The Morgan fingerprint density at radius 2 is 2.09 bits per heavy atom. The first-order chi connectivity index (χ1) is 5.35. The fourth-order valence-corrected chi connectivity index (χ4v) is 0.772.